The molecule has 0 bridgehead atoms. The molecule has 0 aliphatic carbocycles. The Kier molecular flexibility index (Phi) is 4.71. The summed E-state index contributed by atoms with van der Waals surface area (Å²) in [4.78, 5) is 16.5. The monoisotopic (exact) mass is 380 g/mol. The van der Waals surface area contributed by atoms with Crippen LogP contribution in [0.3, 0.4) is 0 Å². The lowest BCUT2D eigenvalue weighted by Crippen LogP contribution is -2.39. The van der Waals surface area contributed by atoms with Crippen molar-refractivity contribution in [2.45, 2.75) is 26.3 Å². The van der Waals surface area contributed by atoms with Gasteiger partial charge in [-0.2, -0.15) is 12.6 Å². The van der Waals surface area contributed by atoms with Crippen molar-refractivity contribution < 1.29 is 4.74 Å². The molecular formula is C12H17IN2O2S. The van der Waals surface area contributed by atoms with E-state index >= 15 is 0 Å². The van der Waals surface area contributed by atoms with E-state index in [-0.39, 0.29) is 11.0 Å². The van der Waals surface area contributed by atoms with Crippen molar-refractivity contribution in [2.24, 2.45) is 5.41 Å². The first-order valence-electron chi connectivity index (χ1n) is 5.98. The van der Waals surface area contributed by atoms with Crippen molar-refractivity contribution in [2.75, 3.05) is 19.0 Å². The molecule has 0 atom stereocenters. The van der Waals surface area contributed by atoms with Crippen LogP contribution < -0.4 is 5.56 Å². The van der Waals surface area contributed by atoms with Gasteiger partial charge in [0.1, 0.15) is 0 Å². The molecule has 0 saturated carbocycles. The topological polar surface area (TPSA) is 44.1 Å². The maximum absolute atomic E-state index is 12.2. The van der Waals surface area contributed by atoms with E-state index in [0.717, 1.165) is 37.5 Å². The molecule has 0 spiro atoms. The summed E-state index contributed by atoms with van der Waals surface area (Å²) < 4.78 is 7.82. The van der Waals surface area contributed by atoms with Gasteiger partial charge >= 0.3 is 0 Å². The SMILES string of the molecule is Cc1ncn(CC2(CS)CCOCC2)c(=O)c1I. The highest BCUT2D eigenvalue weighted by atomic mass is 127. The summed E-state index contributed by atoms with van der Waals surface area (Å²) in [6.07, 6.45) is 3.56. The Labute approximate surface area is 126 Å². The molecule has 1 aliphatic heterocycles. The highest BCUT2D eigenvalue weighted by Gasteiger charge is 2.32. The summed E-state index contributed by atoms with van der Waals surface area (Å²) >= 11 is 6.53. The van der Waals surface area contributed by atoms with E-state index < -0.39 is 0 Å². The van der Waals surface area contributed by atoms with Crippen molar-refractivity contribution in [1.29, 1.82) is 0 Å². The molecule has 1 aromatic heterocycles. The third-order valence-electron chi connectivity index (χ3n) is 3.55. The minimum absolute atomic E-state index is 0.0516. The summed E-state index contributed by atoms with van der Waals surface area (Å²) in [6, 6.07) is 0. The summed E-state index contributed by atoms with van der Waals surface area (Å²) in [6.45, 7) is 4.05. The Morgan fingerprint density at radius 1 is 1.56 bits per heavy atom. The Hall–Kier alpha value is -0.0800. The lowest BCUT2D eigenvalue weighted by atomic mass is 9.82. The molecule has 6 heteroatoms. The Morgan fingerprint density at radius 3 is 2.83 bits per heavy atom. The van der Waals surface area contributed by atoms with Crippen molar-refractivity contribution in [3.8, 4) is 0 Å². The Morgan fingerprint density at radius 2 is 2.22 bits per heavy atom. The third-order valence-corrected chi connectivity index (χ3v) is 5.46. The summed E-state index contributed by atoms with van der Waals surface area (Å²) in [5, 5.41) is 0. The second kappa shape index (κ2) is 5.92. The van der Waals surface area contributed by atoms with Crippen LogP contribution in [0.2, 0.25) is 0 Å². The maximum Gasteiger partial charge on any atom is 0.267 e. The molecule has 1 aliphatic rings. The van der Waals surface area contributed by atoms with Gasteiger partial charge in [-0.15, -0.1) is 0 Å². The fourth-order valence-corrected chi connectivity index (χ4v) is 3.06. The van der Waals surface area contributed by atoms with Crippen LogP contribution in [0.1, 0.15) is 18.5 Å². The standard InChI is InChI=1S/C12H17IN2O2S/c1-9-10(13)11(16)15(8-14-9)6-12(7-18)2-4-17-5-3-12/h8,18H,2-7H2,1H3. The van der Waals surface area contributed by atoms with Gasteiger partial charge in [-0.05, 0) is 48.1 Å². The van der Waals surface area contributed by atoms with E-state index in [9.17, 15) is 4.79 Å². The van der Waals surface area contributed by atoms with Crippen molar-refractivity contribution in [3.05, 3.63) is 25.9 Å². The van der Waals surface area contributed by atoms with Gasteiger partial charge in [-0.1, -0.05) is 0 Å². The van der Waals surface area contributed by atoms with Crippen molar-refractivity contribution >= 4 is 35.2 Å². The first kappa shape index (κ1) is 14.3. The van der Waals surface area contributed by atoms with E-state index in [0.29, 0.717) is 10.1 Å². The van der Waals surface area contributed by atoms with Gasteiger partial charge in [0.25, 0.3) is 5.56 Å². The normalized spacial score (nSPS) is 18.8. The molecule has 2 heterocycles. The van der Waals surface area contributed by atoms with E-state index in [1.165, 1.54) is 0 Å². The predicted molar refractivity (Wildman–Crippen MR) is 82.3 cm³/mol. The number of aromatic nitrogens is 2. The first-order chi connectivity index (χ1) is 8.58. The van der Waals surface area contributed by atoms with Gasteiger partial charge in [0.15, 0.2) is 0 Å². The molecule has 1 aromatic rings. The number of aryl methyl sites for hydroxylation is 1. The van der Waals surface area contributed by atoms with Crippen LogP contribution in [-0.2, 0) is 11.3 Å². The van der Waals surface area contributed by atoms with E-state index in [4.69, 9.17) is 4.74 Å². The van der Waals surface area contributed by atoms with Crippen LogP contribution in [0.4, 0.5) is 0 Å². The zero-order valence-electron chi connectivity index (χ0n) is 10.4. The van der Waals surface area contributed by atoms with Crippen LogP contribution in [0.5, 0.6) is 0 Å². The molecule has 0 aromatic carbocycles. The third kappa shape index (κ3) is 2.91. The van der Waals surface area contributed by atoms with Gasteiger partial charge in [-0.3, -0.25) is 9.36 Å². The quantitative estimate of drug-likeness (QED) is 0.644. The molecule has 18 heavy (non-hydrogen) atoms. The van der Waals surface area contributed by atoms with Crippen LogP contribution in [-0.4, -0.2) is 28.5 Å². The molecule has 0 radical (unpaired) electrons. The van der Waals surface area contributed by atoms with Crippen LogP contribution >= 0.6 is 35.2 Å². The largest absolute Gasteiger partial charge is 0.381 e. The molecule has 1 fully saturated rings. The zero-order chi connectivity index (χ0) is 13.2. The number of hydrogen-bond donors (Lipinski definition) is 1. The molecule has 1 saturated heterocycles. The number of hydrogen-bond acceptors (Lipinski definition) is 4. The highest BCUT2D eigenvalue weighted by molar-refractivity contribution is 14.1. The van der Waals surface area contributed by atoms with E-state index in [1.807, 2.05) is 6.92 Å². The second-order valence-corrected chi connectivity index (χ2v) is 6.24. The van der Waals surface area contributed by atoms with Gasteiger partial charge < -0.3 is 4.74 Å². The molecule has 0 unspecified atom stereocenters. The number of halogens is 1. The summed E-state index contributed by atoms with van der Waals surface area (Å²) in [7, 11) is 0. The van der Waals surface area contributed by atoms with E-state index in [1.54, 1.807) is 10.9 Å². The minimum Gasteiger partial charge on any atom is -0.381 e. The Bertz CT molecular complexity index is 483. The number of rotatable bonds is 3. The van der Waals surface area contributed by atoms with Gasteiger partial charge in [0, 0.05) is 25.2 Å². The van der Waals surface area contributed by atoms with Crippen LogP contribution in [0.15, 0.2) is 11.1 Å². The molecule has 0 N–H and O–H groups in total. The molecule has 0 amide bonds. The molecule has 2 rings (SSSR count). The van der Waals surface area contributed by atoms with Crippen molar-refractivity contribution in [1.82, 2.24) is 9.55 Å². The smallest absolute Gasteiger partial charge is 0.267 e. The average Bonchev–Trinajstić information content (AvgIpc) is 2.41. The number of thiol groups is 1. The van der Waals surface area contributed by atoms with Crippen LogP contribution in [0.25, 0.3) is 0 Å². The summed E-state index contributed by atoms with van der Waals surface area (Å²) in [5.41, 5.74) is 0.907. The average molecular weight is 380 g/mol. The number of ether oxygens (including phenoxy) is 1. The van der Waals surface area contributed by atoms with Gasteiger partial charge in [0.05, 0.1) is 15.6 Å². The highest BCUT2D eigenvalue weighted by Crippen LogP contribution is 2.33. The number of nitrogens with zero attached hydrogens (tertiary/aromatic N) is 2. The fraction of sp³-hybridized carbons (Fsp3) is 0.667. The maximum atomic E-state index is 12.2. The first-order valence-corrected chi connectivity index (χ1v) is 7.69. The van der Waals surface area contributed by atoms with Crippen LogP contribution in [0, 0.1) is 15.9 Å². The van der Waals surface area contributed by atoms with Crippen molar-refractivity contribution in [3.63, 3.8) is 0 Å². The minimum atomic E-state index is 0.0516. The second-order valence-electron chi connectivity index (χ2n) is 4.85. The van der Waals surface area contributed by atoms with Gasteiger partial charge in [-0.25, -0.2) is 4.98 Å². The zero-order valence-corrected chi connectivity index (χ0v) is 13.4. The Balaban J connectivity index is 2.27. The van der Waals surface area contributed by atoms with E-state index in [2.05, 4.69) is 40.2 Å². The van der Waals surface area contributed by atoms with Gasteiger partial charge in [0.2, 0.25) is 0 Å². The predicted octanol–water partition coefficient (Wildman–Crippen LogP) is 1.88. The lowest BCUT2D eigenvalue weighted by molar-refractivity contribution is 0.0175. The molecule has 4 nitrogen and oxygen atoms in total. The summed E-state index contributed by atoms with van der Waals surface area (Å²) in [5.74, 6) is 0.771. The fourth-order valence-electron chi connectivity index (χ4n) is 2.19. The molecule has 100 valence electrons. The lowest BCUT2D eigenvalue weighted by Gasteiger charge is -2.36. The molecular weight excluding hydrogens is 363 g/mol.